The van der Waals surface area contributed by atoms with Gasteiger partial charge < -0.3 is 4.57 Å². The van der Waals surface area contributed by atoms with E-state index in [0.29, 0.717) is 0 Å². The average Bonchev–Trinajstić information content (AvgIpc) is 2.97. The van der Waals surface area contributed by atoms with E-state index in [2.05, 4.69) is 149 Å². The lowest BCUT2D eigenvalue weighted by molar-refractivity contribution is 0.590. The van der Waals surface area contributed by atoms with Gasteiger partial charge in [-0.2, -0.15) is 0 Å². The first-order valence-corrected chi connectivity index (χ1v) is 12.8. The maximum atomic E-state index is 3.93. The molecule has 0 aliphatic rings. The van der Waals surface area contributed by atoms with Crippen LogP contribution in [0.5, 0.6) is 0 Å². The smallest absolute Gasteiger partial charge is 0.0683 e. The molecule has 0 bridgehead atoms. The summed E-state index contributed by atoms with van der Waals surface area (Å²) in [6.07, 6.45) is 0. The standard InChI is InChI=1S/C26H26Br2IN/c1-25(2,3)15-11-19-20-12-16(26(4,5)6)14-22(28)24(20)30(23(19)21(27)13-15)18-9-7-17(29)8-10-18/h7-14H,1-6H3. The van der Waals surface area contributed by atoms with Gasteiger partial charge in [-0.05, 0) is 125 Å². The van der Waals surface area contributed by atoms with E-state index in [1.807, 2.05) is 0 Å². The van der Waals surface area contributed by atoms with E-state index in [0.717, 1.165) is 8.95 Å². The quantitative estimate of drug-likeness (QED) is 0.183. The first kappa shape index (κ1) is 22.3. The number of fused-ring (bicyclic) bond motifs is 3. The molecule has 30 heavy (non-hydrogen) atoms. The van der Waals surface area contributed by atoms with Crippen LogP contribution in [0.25, 0.3) is 27.5 Å². The van der Waals surface area contributed by atoms with Crippen LogP contribution >= 0.6 is 54.5 Å². The number of hydrogen-bond donors (Lipinski definition) is 0. The molecule has 1 aromatic heterocycles. The zero-order valence-corrected chi connectivity index (χ0v) is 23.5. The van der Waals surface area contributed by atoms with E-state index in [9.17, 15) is 0 Å². The van der Waals surface area contributed by atoms with Crippen molar-refractivity contribution in [2.24, 2.45) is 0 Å². The highest BCUT2D eigenvalue weighted by Gasteiger charge is 2.24. The second kappa shape index (κ2) is 7.63. The van der Waals surface area contributed by atoms with Crippen molar-refractivity contribution in [1.29, 1.82) is 0 Å². The largest absolute Gasteiger partial charge is 0.307 e. The summed E-state index contributed by atoms with van der Waals surface area (Å²) in [5.74, 6) is 0. The van der Waals surface area contributed by atoms with Gasteiger partial charge in [0.15, 0.2) is 0 Å². The van der Waals surface area contributed by atoms with E-state index in [1.54, 1.807) is 0 Å². The number of halogens is 3. The van der Waals surface area contributed by atoms with Crippen LogP contribution in [0.4, 0.5) is 0 Å². The minimum atomic E-state index is 0.0763. The summed E-state index contributed by atoms with van der Waals surface area (Å²) >= 11 is 10.2. The van der Waals surface area contributed by atoms with Crippen molar-refractivity contribution in [3.8, 4) is 5.69 Å². The van der Waals surface area contributed by atoms with Crippen LogP contribution in [0.1, 0.15) is 52.7 Å². The lowest BCUT2D eigenvalue weighted by Gasteiger charge is -2.20. The van der Waals surface area contributed by atoms with Crippen molar-refractivity contribution in [3.05, 3.63) is 72.2 Å². The van der Waals surface area contributed by atoms with Crippen LogP contribution < -0.4 is 0 Å². The molecule has 4 heteroatoms. The Morgan fingerprint density at radius 2 is 1.07 bits per heavy atom. The van der Waals surface area contributed by atoms with Crippen LogP contribution in [0, 0.1) is 3.57 Å². The number of nitrogens with zero attached hydrogens (tertiary/aromatic N) is 1. The summed E-state index contributed by atoms with van der Waals surface area (Å²) in [5.41, 5.74) is 6.42. The normalized spacial score (nSPS) is 12.8. The topological polar surface area (TPSA) is 4.93 Å². The monoisotopic (exact) mass is 637 g/mol. The Hall–Kier alpha value is -0.850. The van der Waals surface area contributed by atoms with Gasteiger partial charge in [-0.3, -0.25) is 0 Å². The summed E-state index contributed by atoms with van der Waals surface area (Å²) in [6.45, 7) is 13.6. The molecular formula is C26H26Br2IN. The molecule has 4 rings (SSSR count). The maximum absolute atomic E-state index is 3.93. The van der Waals surface area contributed by atoms with Crippen molar-refractivity contribution >= 4 is 76.3 Å². The van der Waals surface area contributed by atoms with Gasteiger partial charge >= 0.3 is 0 Å². The lowest BCUT2D eigenvalue weighted by atomic mass is 9.85. The molecule has 0 N–H and O–H groups in total. The predicted molar refractivity (Wildman–Crippen MR) is 146 cm³/mol. The minimum Gasteiger partial charge on any atom is -0.307 e. The van der Waals surface area contributed by atoms with Crippen LogP contribution in [-0.4, -0.2) is 4.57 Å². The fourth-order valence-corrected chi connectivity index (χ4v) is 5.52. The number of benzene rings is 3. The van der Waals surface area contributed by atoms with Gasteiger partial charge in [-0.25, -0.2) is 0 Å². The summed E-state index contributed by atoms with van der Waals surface area (Å²) < 4.78 is 5.88. The molecule has 0 saturated carbocycles. The molecule has 0 saturated heterocycles. The molecule has 0 spiro atoms. The molecule has 4 aromatic rings. The Balaban J connectivity index is 2.23. The van der Waals surface area contributed by atoms with Crippen LogP contribution in [0.3, 0.4) is 0 Å². The van der Waals surface area contributed by atoms with Crippen molar-refractivity contribution in [1.82, 2.24) is 4.57 Å². The van der Waals surface area contributed by atoms with Crippen LogP contribution in [0.2, 0.25) is 0 Å². The average molecular weight is 639 g/mol. The fraction of sp³-hybridized carbons (Fsp3) is 0.308. The number of hydrogen-bond acceptors (Lipinski definition) is 0. The molecule has 3 aromatic carbocycles. The molecular weight excluding hydrogens is 613 g/mol. The van der Waals surface area contributed by atoms with Gasteiger partial charge in [0.1, 0.15) is 0 Å². The number of aromatic nitrogens is 1. The van der Waals surface area contributed by atoms with E-state index in [-0.39, 0.29) is 10.8 Å². The van der Waals surface area contributed by atoms with Crippen molar-refractivity contribution in [2.45, 2.75) is 52.4 Å². The van der Waals surface area contributed by atoms with Gasteiger partial charge in [-0.1, -0.05) is 41.5 Å². The third-order valence-corrected chi connectivity index (χ3v) is 7.61. The highest BCUT2D eigenvalue weighted by molar-refractivity contribution is 14.1. The highest BCUT2D eigenvalue weighted by atomic mass is 127. The second-order valence-corrected chi connectivity index (χ2v) is 13.0. The Morgan fingerprint density at radius 1 is 0.667 bits per heavy atom. The van der Waals surface area contributed by atoms with Crippen molar-refractivity contribution in [3.63, 3.8) is 0 Å². The minimum absolute atomic E-state index is 0.0763. The molecule has 0 aliphatic heterocycles. The van der Waals surface area contributed by atoms with Gasteiger partial charge in [0, 0.05) is 29.0 Å². The Bertz CT molecular complexity index is 1190. The third kappa shape index (κ3) is 3.88. The van der Waals surface area contributed by atoms with Gasteiger partial charge in [0.2, 0.25) is 0 Å². The maximum Gasteiger partial charge on any atom is 0.0683 e. The Kier molecular flexibility index (Phi) is 5.68. The first-order chi connectivity index (χ1) is 13.9. The van der Waals surface area contributed by atoms with Gasteiger partial charge in [0.25, 0.3) is 0 Å². The molecule has 0 aliphatic carbocycles. The summed E-state index contributed by atoms with van der Waals surface area (Å²) in [6, 6.07) is 18.1. The molecule has 0 amide bonds. The van der Waals surface area contributed by atoms with Crippen LogP contribution in [0.15, 0.2) is 57.5 Å². The third-order valence-electron chi connectivity index (χ3n) is 5.68. The van der Waals surface area contributed by atoms with Crippen molar-refractivity contribution < 1.29 is 0 Å². The summed E-state index contributed by atoms with van der Waals surface area (Å²) in [4.78, 5) is 0. The van der Waals surface area contributed by atoms with Gasteiger partial charge in [-0.15, -0.1) is 0 Å². The fourth-order valence-electron chi connectivity index (χ4n) is 3.89. The Morgan fingerprint density at radius 3 is 1.43 bits per heavy atom. The zero-order valence-electron chi connectivity index (χ0n) is 18.2. The molecule has 0 atom stereocenters. The molecule has 0 radical (unpaired) electrons. The first-order valence-electron chi connectivity index (χ1n) is 10.1. The Labute approximate surface area is 209 Å². The number of rotatable bonds is 1. The molecule has 0 fully saturated rings. The van der Waals surface area contributed by atoms with E-state index < -0.39 is 0 Å². The van der Waals surface area contributed by atoms with E-state index >= 15 is 0 Å². The molecule has 0 unspecified atom stereocenters. The highest BCUT2D eigenvalue weighted by Crippen LogP contribution is 2.43. The SMILES string of the molecule is CC(C)(C)c1cc(Br)c2c(c1)c1cc(C(C)(C)C)cc(Br)c1n2-c1ccc(I)cc1. The van der Waals surface area contributed by atoms with E-state index in [4.69, 9.17) is 0 Å². The van der Waals surface area contributed by atoms with Gasteiger partial charge in [0.05, 0.1) is 11.0 Å². The molecule has 156 valence electrons. The predicted octanol–water partition coefficient (Wildman–Crippen LogP) is 9.51. The van der Waals surface area contributed by atoms with Crippen molar-refractivity contribution in [2.75, 3.05) is 0 Å². The molecule has 1 nitrogen and oxygen atoms in total. The zero-order chi connectivity index (χ0) is 22.0. The summed E-state index contributed by atoms with van der Waals surface area (Å²) in [5, 5.41) is 2.57. The van der Waals surface area contributed by atoms with Crippen LogP contribution in [-0.2, 0) is 10.8 Å². The molecule has 1 heterocycles. The van der Waals surface area contributed by atoms with E-state index in [1.165, 1.54) is 42.2 Å². The lowest BCUT2D eigenvalue weighted by Crippen LogP contribution is -2.11. The summed E-state index contributed by atoms with van der Waals surface area (Å²) in [7, 11) is 0. The second-order valence-electron chi connectivity index (χ2n) is 10.0.